The van der Waals surface area contributed by atoms with Crippen molar-refractivity contribution in [2.24, 2.45) is 0 Å². The second kappa shape index (κ2) is 5.46. The van der Waals surface area contributed by atoms with Crippen molar-refractivity contribution < 1.29 is 9.84 Å². The van der Waals surface area contributed by atoms with E-state index in [9.17, 15) is 0 Å². The van der Waals surface area contributed by atoms with E-state index in [0.717, 1.165) is 6.42 Å². The minimum Gasteiger partial charge on any atom is -0.462 e. The van der Waals surface area contributed by atoms with Gasteiger partial charge in [0.15, 0.2) is 0 Å². The normalized spacial score (nSPS) is 11.8. The molecular weight excluding hydrogens is 116 g/mol. The Morgan fingerprint density at radius 1 is 1.67 bits per heavy atom. The van der Waals surface area contributed by atoms with Gasteiger partial charge in [-0.3, -0.25) is 0 Å². The topological polar surface area (TPSA) is 29.5 Å². The van der Waals surface area contributed by atoms with E-state index in [4.69, 9.17) is 9.84 Å². The number of aliphatic hydroxyl groups is 1. The summed E-state index contributed by atoms with van der Waals surface area (Å²) in [6, 6.07) is 0. The molecule has 0 heterocycles. The highest BCUT2D eigenvalue weighted by molar-refractivity contribution is 4.89. The van der Waals surface area contributed by atoms with Crippen molar-refractivity contribution in [2.45, 2.75) is 26.4 Å². The van der Waals surface area contributed by atoms with E-state index in [1.807, 2.05) is 13.8 Å². The molecule has 0 spiro atoms. The maximum Gasteiger partial charge on any atom is 0.111 e. The van der Waals surface area contributed by atoms with E-state index >= 15 is 0 Å². The monoisotopic (exact) mass is 128 g/mol. The van der Waals surface area contributed by atoms with Crippen molar-refractivity contribution in [1.82, 2.24) is 0 Å². The maximum atomic E-state index is 8.01. The third-order valence-corrected chi connectivity index (χ3v) is 1.09. The number of rotatable bonds is 3. The molecule has 2 nitrogen and oxygen atoms in total. The van der Waals surface area contributed by atoms with Crippen LogP contribution in [-0.2, 0) is 4.74 Å². The lowest BCUT2D eigenvalue weighted by molar-refractivity contribution is 0.0892. The molecule has 0 aromatic rings. The summed E-state index contributed by atoms with van der Waals surface area (Å²) in [5.41, 5.74) is 0. The standard InChI is InChI=1S/C7H12O2/c1-3-7(2)9-6-4-5-8/h7-8H,3,6H2,1-2H3. The lowest BCUT2D eigenvalue weighted by atomic mass is 10.3. The molecule has 0 amide bonds. The van der Waals surface area contributed by atoms with E-state index in [-0.39, 0.29) is 6.10 Å². The number of hydrogen-bond donors (Lipinski definition) is 1. The molecule has 1 atom stereocenters. The predicted octanol–water partition coefficient (Wildman–Crippen LogP) is 1.13. The van der Waals surface area contributed by atoms with Crippen LogP contribution in [0.4, 0.5) is 0 Å². The number of aliphatic hydroxyl groups excluding tert-OH is 1. The fourth-order valence-electron chi connectivity index (χ4n) is 0.334. The zero-order valence-corrected chi connectivity index (χ0v) is 5.85. The predicted molar refractivity (Wildman–Crippen MR) is 35.4 cm³/mol. The fraction of sp³-hybridized carbons (Fsp3) is 0.714. The summed E-state index contributed by atoms with van der Waals surface area (Å²) in [7, 11) is 0. The molecule has 52 valence electrons. The summed E-state index contributed by atoms with van der Waals surface area (Å²) in [4.78, 5) is 0. The Morgan fingerprint density at radius 3 is 2.78 bits per heavy atom. The van der Waals surface area contributed by atoms with Crippen molar-refractivity contribution in [2.75, 3.05) is 6.61 Å². The summed E-state index contributed by atoms with van der Waals surface area (Å²) in [5.74, 6) is 2.40. The van der Waals surface area contributed by atoms with Gasteiger partial charge in [0.25, 0.3) is 0 Å². The van der Waals surface area contributed by atoms with Crippen molar-refractivity contribution in [1.29, 1.82) is 0 Å². The molecule has 0 aliphatic carbocycles. The van der Waals surface area contributed by atoms with Gasteiger partial charge in [0, 0.05) is 0 Å². The van der Waals surface area contributed by atoms with Gasteiger partial charge in [0.1, 0.15) is 12.7 Å². The Kier molecular flexibility index (Phi) is 5.04. The van der Waals surface area contributed by atoms with Gasteiger partial charge in [-0.2, -0.15) is 0 Å². The number of ether oxygens (including phenoxy) is 1. The largest absolute Gasteiger partial charge is 0.462 e. The third kappa shape index (κ3) is 5.19. The summed E-state index contributed by atoms with van der Waals surface area (Å²) in [6.07, 6.45) is 2.99. The number of hydrogen-bond acceptors (Lipinski definition) is 2. The van der Waals surface area contributed by atoms with Gasteiger partial charge < -0.3 is 9.84 Å². The van der Waals surface area contributed by atoms with Crippen LogP contribution in [-0.4, -0.2) is 17.8 Å². The van der Waals surface area contributed by atoms with Crippen LogP contribution in [0, 0.1) is 12.0 Å². The first kappa shape index (κ1) is 8.32. The van der Waals surface area contributed by atoms with Crippen LogP contribution >= 0.6 is 0 Å². The lowest BCUT2D eigenvalue weighted by Crippen LogP contribution is -2.05. The molecule has 0 bridgehead atoms. The Balaban J connectivity index is 3.13. The van der Waals surface area contributed by atoms with Gasteiger partial charge in [0.2, 0.25) is 0 Å². The molecule has 0 fully saturated rings. The minimum atomic E-state index is 0.242. The van der Waals surface area contributed by atoms with E-state index in [1.165, 1.54) is 0 Å². The van der Waals surface area contributed by atoms with E-state index in [2.05, 4.69) is 5.92 Å². The van der Waals surface area contributed by atoms with E-state index in [0.29, 0.717) is 6.61 Å². The smallest absolute Gasteiger partial charge is 0.111 e. The molecule has 0 radical (unpaired) electrons. The van der Waals surface area contributed by atoms with Crippen LogP contribution in [0.15, 0.2) is 0 Å². The van der Waals surface area contributed by atoms with Crippen molar-refractivity contribution >= 4 is 0 Å². The second-order valence-electron chi connectivity index (χ2n) is 1.82. The van der Waals surface area contributed by atoms with E-state index < -0.39 is 0 Å². The van der Waals surface area contributed by atoms with Crippen molar-refractivity contribution in [3.63, 3.8) is 0 Å². The minimum absolute atomic E-state index is 0.242. The van der Waals surface area contributed by atoms with Crippen LogP contribution in [0.3, 0.4) is 0 Å². The average molecular weight is 128 g/mol. The second-order valence-corrected chi connectivity index (χ2v) is 1.82. The van der Waals surface area contributed by atoms with Crippen LogP contribution in [0.5, 0.6) is 0 Å². The molecule has 9 heavy (non-hydrogen) atoms. The first-order valence-electron chi connectivity index (χ1n) is 3.04. The summed E-state index contributed by atoms with van der Waals surface area (Å²) in [5, 5.41) is 8.01. The zero-order chi connectivity index (χ0) is 7.11. The Bertz CT molecular complexity index is 110. The first-order valence-corrected chi connectivity index (χ1v) is 3.04. The molecule has 2 heteroatoms. The van der Waals surface area contributed by atoms with Gasteiger partial charge in [-0.25, -0.2) is 0 Å². The molecular formula is C7H12O2. The van der Waals surface area contributed by atoms with Gasteiger partial charge in [-0.05, 0) is 19.3 Å². The van der Waals surface area contributed by atoms with Crippen molar-refractivity contribution in [3.8, 4) is 12.0 Å². The van der Waals surface area contributed by atoms with Gasteiger partial charge in [-0.1, -0.05) is 6.92 Å². The third-order valence-electron chi connectivity index (χ3n) is 1.09. The lowest BCUT2D eigenvalue weighted by Gasteiger charge is -2.05. The molecule has 0 aliphatic heterocycles. The highest BCUT2D eigenvalue weighted by Gasteiger charge is 1.93. The van der Waals surface area contributed by atoms with Gasteiger partial charge in [0.05, 0.1) is 6.10 Å². The average Bonchev–Trinajstić information content (AvgIpc) is 1.89. The molecule has 1 N–H and O–H groups in total. The molecule has 0 saturated carbocycles. The summed E-state index contributed by atoms with van der Waals surface area (Å²) in [6.45, 7) is 4.33. The maximum absolute atomic E-state index is 8.01. The van der Waals surface area contributed by atoms with Crippen LogP contribution < -0.4 is 0 Å². The summed E-state index contributed by atoms with van der Waals surface area (Å²) >= 11 is 0. The highest BCUT2D eigenvalue weighted by Crippen LogP contribution is 1.93. The highest BCUT2D eigenvalue weighted by atomic mass is 16.5. The van der Waals surface area contributed by atoms with Crippen LogP contribution in [0.1, 0.15) is 20.3 Å². The molecule has 0 rings (SSSR count). The van der Waals surface area contributed by atoms with E-state index in [1.54, 1.807) is 6.11 Å². The Morgan fingerprint density at radius 2 is 2.33 bits per heavy atom. The van der Waals surface area contributed by atoms with Crippen LogP contribution in [0.2, 0.25) is 0 Å². The fourth-order valence-corrected chi connectivity index (χ4v) is 0.334. The Hall–Kier alpha value is -0.680. The van der Waals surface area contributed by atoms with Gasteiger partial charge >= 0.3 is 0 Å². The quantitative estimate of drug-likeness (QED) is 0.577. The molecule has 1 unspecified atom stereocenters. The zero-order valence-electron chi connectivity index (χ0n) is 5.85. The Labute approximate surface area is 55.8 Å². The molecule has 0 saturated heterocycles. The molecule has 0 aromatic heterocycles. The molecule has 0 aliphatic rings. The van der Waals surface area contributed by atoms with Gasteiger partial charge in [-0.15, -0.1) is 0 Å². The first-order chi connectivity index (χ1) is 4.31. The SMILES string of the molecule is CCC(C)OCC#CO. The summed E-state index contributed by atoms with van der Waals surface area (Å²) < 4.78 is 5.10. The van der Waals surface area contributed by atoms with Crippen molar-refractivity contribution in [3.05, 3.63) is 0 Å². The van der Waals surface area contributed by atoms with Crippen LogP contribution in [0.25, 0.3) is 0 Å². The molecule has 0 aromatic carbocycles.